The van der Waals surface area contributed by atoms with E-state index in [1.54, 1.807) is 12.1 Å². The Morgan fingerprint density at radius 2 is 1.43 bits per heavy atom. The second-order valence-electron chi connectivity index (χ2n) is 4.78. The molecular weight excluding hydrogens is 332 g/mol. The highest BCUT2D eigenvalue weighted by molar-refractivity contribution is 9.10. The summed E-state index contributed by atoms with van der Waals surface area (Å²) in [6, 6.07) is 14.4. The summed E-state index contributed by atoms with van der Waals surface area (Å²) in [6.07, 6.45) is 0.129. The molecule has 0 radical (unpaired) electrons. The van der Waals surface area contributed by atoms with Gasteiger partial charge >= 0.3 is 6.03 Å². The molecule has 5 heteroatoms. The van der Waals surface area contributed by atoms with Crippen LogP contribution in [0.2, 0.25) is 0 Å². The number of hydrogen-bond acceptors (Lipinski definition) is 2. The van der Waals surface area contributed by atoms with Crippen molar-refractivity contribution in [3.05, 3.63) is 53.0 Å². The molecule has 0 bridgehead atoms. The molecule has 2 rings (SSSR count). The average molecular weight is 349 g/mol. The second-order valence-corrected chi connectivity index (χ2v) is 5.69. The molecule has 0 fully saturated rings. The Balaban J connectivity index is 1.91. The highest BCUT2D eigenvalue weighted by Crippen LogP contribution is 2.18. The maximum atomic E-state index is 11.9. The van der Waals surface area contributed by atoms with E-state index in [1.807, 2.05) is 50.2 Å². The number of nitrogens with one attached hydrogen (secondary N) is 2. The lowest BCUT2D eigenvalue weighted by molar-refractivity contribution is 0.242. The van der Waals surface area contributed by atoms with Crippen LogP contribution < -0.4 is 15.4 Å². The second kappa shape index (κ2) is 7.13. The number of ether oxygens (including phenoxy) is 1. The minimum Gasteiger partial charge on any atom is -0.491 e. The van der Waals surface area contributed by atoms with Gasteiger partial charge in [0.1, 0.15) is 5.75 Å². The highest BCUT2D eigenvalue weighted by Gasteiger charge is 2.03. The van der Waals surface area contributed by atoms with Gasteiger partial charge in [0.05, 0.1) is 6.10 Å². The lowest BCUT2D eigenvalue weighted by atomic mass is 10.3. The van der Waals surface area contributed by atoms with E-state index in [9.17, 15) is 4.79 Å². The van der Waals surface area contributed by atoms with Crippen molar-refractivity contribution in [2.24, 2.45) is 0 Å². The molecule has 0 aliphatic heterocycles. The SMILES string of the molecule is CC(C)Oc1ccc(NC(=O)Nc2ccc(Br)cc2)cc1. The molecule has 2 amide bonds. The number of halogens is 1. The molecule has 2 aromatic carbocycles. The van der Waals surface area contributed by atoms with Gasteiger partial charge < -0.3 is 15.4 Å². The third-order valence-electron chi connectivity index (χ3n) is 2.59. The van der Waals surface area contributed by atoms with Crippen molar-refractivity contribution in [2.75, 3.05) is 10.6 Å². The zero-order valence-electron chi connectivity index (χ0n) is 11.9. The Morgan fingerprint density at radius 1 is 0.952 bits per heavy atom. The molecule has 0 unspecified atom stereocenters. The number of hydrogen-bond donors (Lipinski definition) is 2. The van der Waals surface area contributed by atoms with Gasteiger partial charge in [0, 0.05) is 15.8 Å². The van der Waals surface area contributed by atoms with E-state index in [2.05, 4.69) is 26.6 Å². The Kier molecular flexibility index (Phi) is 5.22. The first-order valence-electron chi connectivity index (χ1n) is 6.63. The quantitative estimate of drug-likeness (QED) is 0.827. The van der Waals surface area contributed by atoms with Gasteiger partial charge in [-0.1, -0.05) is 15.9 Å². The van der Waals surface area contributed by atoms with Crippen molar-refractivity contribution in [3.63, 3.8) is 0 Å². The maximum absolute atomic E-state index is 11.9. The normalized spacial score (nSPS) is 10.3. The molecule has 0 aliphatic rings. The number of benzene rings is 2. The van der Waals surface area contributed by atoms with E-state index in [0.29, 0.717) is 5.69 Å². The summed E-state index contributed by atoms with van der Waals surface area (Å²) in [7, 11) is 0. The molecular formula is C16H17BrN2O2. The summed E-state index contributed by atoms with van der Waals surface area (Å²) in [6.45, 7) is 3.94. The number of urea groups is 1. The van der Waals surface area contributed by atoms with Crippen LogP contribution in [0.25, 0.3) is 0 Å². The third kappa shape index (κ3) is 5.11. The number of carbonyl (C=O) groups is 1. The lowest BCUT2D eigenvalue weighted by Crippen LogP contribution is -2.19. The van der Waals surface area contributed by atoms with Crippen LogP contribution in [-0.4, -0.2) is 12.1 Å². The monoisotopic (exact) mass is 348 g/mol. The molecule has 2 N–H and O–H groups in total. The van der Waals surface area contributed by atoms with Crippen LogP contribution in [0, 0.1) is 0 Å². The standard InChI is InChI=1S/C16H17BrN2O2/c1-11(2)21-15-9-7-14(8-10-15)19-16(20)18-13-5-3-12(17)4-6-13/h3-11H,1-2H3,(H2,18,19,20). The smallest absolute Gasteiger partial charge is 0.323 e. The van der Waals surface area contributed by atoms with E-state index < -0.39 is 0 Å². The predicted molar refractivity (Wildman–Crippen MR) is 89.0 cm³/mol. The van der Waals surface area contributed by atoms with E-state index >= 15 is 0 Å². The fourth-order valence-corrected chi connectivity index (χ4v) is 1.98. The molecule has 0 atom stereocenters. The summed E-state index contributed by atoms with van der Waals surface area (Å²) >= 11 is 3.35. The average Bonchev–Trinajstić information content (AvgIpc) is 2.43. The van der Waals surface area contributed by atoms with Gasteiger partial charge in [-0.15, -0.1) is 0 Å². The third-order valence-corrected chi connectivity index (χ3v) is 3.11. The number of carbonyl (C=O) groups excluding carboxylic acids is 1. The Morgan fingerprint density at radius 3 is 1.90 bits per heavy atom. The molecule has 2 aromatic rings. The molecule has 0 heterocycles. The summed E-state index contributed by atoms with van der Waals surface area (Å²) in [5, 5.41) is 5.53. The van der Waals surface area contributed by atoms with Gasteiger partial charge in [0.25, 0.3) is 0 Å². The van der Waals surface area contributed by atoms with Crippen LogP contribution in [0.1, 0.15) is 13.8 Å². The van der Waals surface area contributed by atoms with Crippen LogP contribution in [0.15, 0.2) is 53.0 Å². The number of rotatable bonds is 4. The van der Waals surface area contributed by atoms with Crippen molar-refractivity contribution >= 4 is 33.3 Å². The first kappa shape index (κ1) is 15.4. The van der Waals surface area contributed by atoms with E-state index in [1.165, 1.54) is 0 Å². The van der Waals surface area contributed by atoms with Crippen molar-refractivity contribution in [2.45, 2.75) is 20.0 Å². The summed E-state index contributed by atoms with van der Waals surface area (Å²) in [5.74, 6) is 0.781. The highest BCUT2D eigenvalue weighted by atomic mass is 79.9. The molecule has 0 saturated heterocycles. The zero-order chi connectivity index (χ0) is 15.2. The topological polar surface area (TPSA) is 50.4 Å². The fourth-order valence-electron chi connectivity index (χ4n) is 1.72. The molecule has 21 heavy (non-hydrogen) atoms. The van der Waals surface area contributed by atoms with Crippen LogP contribution in [0.3, 0.4) is 0 Å². The molecule has 0 saturated carbocycles. The molecule has 4 nitrogen and oxygen atoms in total. The van der Waals surface area contributed by atoms with Gasteiger partial charge in [0.2, 0.25) is 0 Å². The van der Waals surface area contributed by atoms with Crippen molar-refractivity contribution < 1.29 is 9.53 Å². The van der Waals surface area contributed by atoms with E-state index in [4.69, 9.17) is 4.74 Å². The maximum Gasteiger partial charge on any atom is 0.323 e. The minimum absolute atomic E-state index is 0.129. The molecule has 0 aliphatic carbocycles. The minimum atomic E-state index is -0.283. The van der Waals surface area contributed by atoms with E-state index in [-0.39, 0.29) is 12.1 Å². The summed E-state index contributed by atoms with van der Waals surface area (Å²) in [5.41, 5.74) is 1.44. The van der Waals surface area contributed by atoms with Crippen LogP contribution >= 0.6 is 15.9 Å². The van der Waals surface area contributed by atoms with Crippen molar-refractivity contribution in [1.82, 2.24) is 0 Å². The molecule has 110 valence electrons. The first-order valence-corrected chi connectivity index (χ1v) is 7.42. The Bertz CT molecular complexity index is 595. The zero-order valence-corrected chi connectivity index (χ0v) is 13.5. The Hall–Kier alpha value is -2.01. The Labute approximate surface area is 132 Å². The van der Waals surface area contributed by atoms with E-state index in [0.717, 1.165) is 15.9 Å². The molecule has 0 spiro atoms. The van der Waals surface area contributed by atoms with Crippen molar-refractivity contribution in [1.29, 1.82) is 0 Å². The number of amides is 2. The largest absolute Gasteiger partial charge is 0.491 e. The first-order chi connectivity index (χ1) is 10.0. The van der Waals surface area contributed by atoms with Crippen LogP contribution in [-0.2, 0) is 0 Å². The lowest BCUT2D eigenvalue weighted by Gasteiger charge is -2.11. The summed E-state index contributed by atoms with van der Waals surface area (Å²) < 4.78 is 6.52. The molecule has 0 aromatic heterocycles. The van der Waals surface area contributed by atoms with Gasteiger partial charge in [-0.25, -0.2) is 4.79 Å². The number of anilines is 2. The van der Waals surface area contributed by atoms with Crippen LogP contribution in [0.4, 0.5) is 16.2 Å². The fraction of sp³-hybridized carbons (Fsp3) is 0.188. The van der Waals surface area contributed by atoms with Crippen molar-refractivity contribution in [3.8, 4) is 5.75 Å². The van der Waals surface area contributed by atoms with Gasteiger partial charge in [-0.05, 0) is 62.4 Å². The van der Waals surface area contributed by atoms with Crippen LogP contribution in [0.5, 0.6) is 5.75 Å². The van der Waals surface area contributed by atoms with Gasteiger partial charge in [-0.2, -0.15) is 0 Å². The van der Waals surface area contributed by atoms with Gasteiger partial charge in [0.15, 0.2) is 0 Å². The van der Waals surface area contributed by atoms with Gasteiger partial charge in [-0.3, -0.25) is 0 Å². The summed E-state index contributed by atoms with van der Waals surface area (Å²) in [4.78, 5) is 11.9. The predicted octanol–water partition coefficient (Wildman–Crippen LogP) is 4.88.